The van der Waals surface area contributed by atoms with Gasteiger partial charge in [0, 0.05) is 5.56 Å². The largest absolute Gasteiger partial charge is 0.493 e. The third-order valence-corrected chi connectivity index (χ3v) is 6.04. The van der Waals surface area contributed by atoms with Crippen molar-refractivity contribution in [2.45, 2.75) is 19.4 Å². The van der Waals surface area contributed by atoms with Gasteiger partial charge in [0.25, 0.3) is 0 Å². The zero-order valence-electron chi connectivity index (χ0n) is 19.4. The molecule has 0 radical (unpaired) electrons. The van der Waals surface area contributed by atoms with Crippen LogP contribution >= 0.6 is 0 Å². The van der Waals surface area contributed by atoms with Gasteiger partial charge in [-0.05, 0) is 30.2 Å². The number of H-pyrrole nitrogens is 1. The maximum Gasteiger partial charge on any atom is 0.244 e. The fraction of sp³-hybridized carbons (Fsp3) is 0.143. The summed E-state index contributed by atoms with van der Waals surface area (Å²) in [7, 11) is 1.59. The molecule has 3 aromatic carbocycles. The number of nitrogens with one attached hydrogen (secondary N) is 1. The molecule has 0 bridgehead atoms. The van der Waals surface area contributed by atoms with E-state index in [0.717, 1.165) is 33.5 Å². The van der Waals surface area contributed by atoms with Gasteiger partial charge >= 0.3 is 0 Å². The monoisotopic (exact) mass is 464 g/mol. The van der Waals surface area contributed by atoms with Gasteiger partial charge in [0.1, 0.15) is 18.2 Å². The molecule has 0 amide bonds. The summed E-state index contributed by atoms with van der Waals surface area (Å²) >= 11 is 0. The van der Waals surface area contributed by atoms with Crippen molar-refractivity contribution in [1.29, 1.82) is 5.26 Å². The molecule has 0 aliphatic carbocycles. The maximum atomic E-state index is 9.99. The average molecular weight is 465 g/mol. The van der Waals surface area contributed by atoms with Crippen LogP contribution in [0.5, 0.6) is 17.4 Å². The number of nitrogens with two attached hydrogens (primary N) is 1. The topological polar surface area (TPSA) is 106 Å². The minimum Gasteiger partial charge on any atom is -0.493 e. The molecule has 0 fully saturated rings. The average Bonchev–Trinajstić information content (AvgIpc) is 3.30. The van der Waals surface area contributed by atoms with E-state index in [1.54, 1.807) is 7.11 Å². The van der Waals surface area contributed by atoms with Crippen molar-refractivity contribution in [2.24, 2.45) is 5.73 Å². The predicted molar refractivity (Wildman–Crippen MR) is 132 cm³/mol. The van der Waals surface area contributed by atoms with E-state index in [1.807, 2.05) is 79.7 Å². The van der Waals surface area contributed by atoms with E-state index in [9.17, 15) is 5.26 Å². The van der Waals surface area contributed by atoms with Crippen LogP contribution in [0.4, 0.5) is 0 Å². The molecule has 2 heterocycles. The van der Waals surface area contributed by atoms with Crippen LogP contribution in [0.15, 0.2) is 84.3 Å². The van der Waals surface area contributed by atoms with Crippen molar-refractivity contribution in [2.75, 3.05) is 7.11 Å². The van der Waals surface area contributed by atoms with Gasteiger partial charge in [0.05, 0.1) is 24.3 Å². The van der Waals surface area contributed by atoms with E-state index < -0.39 is 5.92 Å². The highest BCUT2D eigenvalue weighted by atomic mass is 16.5. The number of fused-ring (bicyclic) bond motifs is 1. The molecule has 7 nitrogen and oxygen atoms in total. The molecule has 0 spiro atoms. The van der Waals surface area contributed by atoms with Gasteiger partial charge in [-0.2, -0.15) is 5.26 Å². The van der Waals surface area contributed by atoms with Gasteiger partial charge in [-0.25, -0.2) is 0 Å². The van der Waals surface area contributed by atoms with Crippen LogP contribution in [-0.2, 0) is 6.61 Å². The van der Waals surface area contributed by atoms with Crippen molar-refractivity contribution in [3.63, 3.8) is 0 Å². The van der Waals surface area contributed by atoms with E-state index >= 15 is 0 Å². The van der Waals surface area contributed by atoms with Gasteiger partial charge in [0.2, 0.25) is 11.8 Å². The molecule has 1 aliphatic rings. The molecular formula is C28H24N4O3. The Kier molecular flexibility index (Phi) is 5.86. The molecule has 3 N–H and O–H groups in total. The molecule has 1 aliphatic heterocycles. The Morgan fingerprint density at radius 2 is 1.83 bits per heavy atom. The number of hydrogen-bond acceptors (Lipinski definition) is 6. The van der Waals surface area contributed by atoms with Gasteiger partial charge in [-0.15, -0.1) is 5.10 Å². The molecule has 0 saturated carbocycles. The fourth-order valence-corrected chi connectivity index (χ4v) is 4.24. The highest BCUT2D eigenvalue weighted by molar-refractivity contribution is 5.71. The van der Waals surface area contributed by atoms with Crippen molar-refractivity contribution in [3.8, 4) is 34.7 Å². The van der Waals surface area contributed by atoms with E-state index in [2.05, 4.69) is 16.3 Å². The summed E-state index contributed by atoms with van der Waals surface area (Å²) in [6.45, 7) is 2.44. The molecule has 4 aromatic rings. The lowest BCUT2D eigenvalue weighted by Crippen LogP contribution is -2.21. The van der Waals surface area contributed by atoms with Gasteiger partial charge in [-0.1, -0.05) is 66.2 Å². The van der Waals surface area contributed by atoms with Crippen LogP contribution < -0.4 is 19.9 Å². The number of rotatable bonds is 6. The van der Waals surface area contributed by atoms with Crippen molar-refractivity contribution >= 4 is 0 Å². The minimum absolute atomic E-state index is 0.0373. The molecule has 35 heavy (non-hydrogen) atoms. The van der Waals surface area contributed by atoms with E-state index in [-0.39, 0.29) is 5.88 Å². The summed E-state index contributed by atoms with van der Waals surface area (Å²) in [4.78, 5) is 0. The normalized spacial score (nSPS) is 14.6. The third-order valence-electron chi connectivity index (χ3n) is 6.04. The van der Waals surface area contributed by atoms with Crippen LogP contribution in [0.25, 0.3) is 11.3 Å². The zero-order chi connectivity index (χ0) is 24.4. The number of aromatic nitrogens is 2. The summed E-state index contributed by atoms with van der Waals surface area (Å²) in [5, 5.41) is 17.4. The molecule has 174 valence electrons. The van der Waals surface area contributed by atoms with Gasteiger partial charge in [0.15, 0.2) is 11.5 Å². The fourth-order valence-electron chi connectivity index (χ4n) is 4.24. The number of benzene rings is 3. The second-order valence-electron chi connectivity index (χ2n) is 8.29. The first-order valence-electron chi connectivity index (χ1n) is 11.2. The number of allylic oxidation sites excluding steroid dienone is 1. The summed E-state index contributed by atoms with van der Waals surface area (Å²) in [5.41, 5.74) is 11.9. The number of hydrogen-bond donors (Lipinski definition) is 2. The standard InChI is InChI=1S/C28H24N4O3/c1-17-8-10-19(11-9-17)26-25-24(21(15-29)27(30)35-28(25)32-31-26)20-12-13-22(23(14-20)33-2)34-16-18-6-4-3-5-7-18/h3-14,24H,16,30H2,1-2H3,(H,31,32). The Bertz CT molecular complexity index is 1430. The molecule has 0 saturated heterocycles. The van der Waals surface area contributed by atoms with Crippen LogP contribution in [-0.4, -0.2) is 17.3 Å². The molecule has 1 aromatic heterocycles. The third kappa shape index (κ3) is 4.18. The number of aryl methyl sites for hydroxylation is 1. The lowest BCUT2D eigenvalue weighted by Gasteiger charge is -2.25. The molecule has 1 atom stereocenters. The molecular weight excluding hydrogens is 440 g/mol. The molecule has 7 heteroatoms. The first-order valence-corrected chi connectivity index (χ1v) is 11.2. The quantitative estimate of drug-likeness (QED) is 0.407. The smallest absolute Gasteiger partial charge is 0.244 e. The minimum atomic E-state index is -0.490. The first kappa shape index (κ1) is 22.1. The Morgan fingerprint density at radius 1 is 1.06 bits per heavy atom. The summed E-state index contributed by atoms with van der Waals surface area (Å²) < 4.78 is 17.4. The van der Waals surface area contributed by atoms with Gasteiger partial charge < -0.3 is 19.9 Å². The Morgan fingerprint density at radius 3 is 2.54 bits per heavy atom. The summed E-state index contributed by atoms with van der Waals surface area (Å²) in [6.07, 6.45) is 0. The zero-order valence-corrected chi connectivity index (χ0v) is 19.4. The lowest BCUT2D eigenvalue weighted by molar-refractivity contribution is 0.284. The van der Waals surface area contributed by atoms with E-state index in [0.29, 0.717) is 29.6 Å². The predicted octanol–water partition coefficient (Wildman–Crippen LogP) is 5.19. The number of aromatic amines is 1. The highest BCUT2D eigenvalue weighted by Crippen LogP contribution is 2.47. The van der Waals surface area contributed by atoms with Crippen LogP contribution in [0.1, 0.15) is 28.2 Å². The van der Waals surface area contributed by atoms with Crippen LogP contribution in [0.2, 0.25) is 0 Å². The number of ether oxygens (including phenoxy) is 3. The maximum absolute atomic E-state index is 9.99. The molecule has 5 rings (SSSR count). The summed E-state index contributed by atoms with van der Waals surface area (Å²) in [5.74, 6) is 1.06. The number of nitriles is 1. The summed E-state index contributed by atoms with van der Waals surface area (Å²) in [6, 6.07) is 25.9. The second kappa shape index (κ2) is 9.27. The highest BCUT2D eigenvalue weighted by Gasteiger charge is 2.36. The van der Waals surface area contributed by atoms with Crippen LogP contribution in [0.3, 0.4) is 0 Å². The Labute approximate surface area is 203 Å². The van der Waals surface area contributed by atoms with Crippen LogP contribution in [0, 0.1) is 18.3 Å². The second-order valence-corrected chi connectivity index (χ2v) is 8.29. The van der Waals surface area contributed by atoms with E-state index in [4.69, 9.17) is 19.9 Å². The van der Waals surface area contributed by atoms with Crippen molar-refractivity contribution in [1.82, 2.24) is 10.2 Å². The lowest BCUT2D eigenvalue weighted by atomic mass is 9.83. The van der Waals surface area contributed by atoms with Gasteiger partial charge in [-0.3, -0.25) is 5.10 Å². The van der Waals surface area contributed by atoms with Crippen molar-refractivity contribution < 1.29 is 14.2 Å². The molecule has 1 unspecified atom stereocenters. The number of methoxy groups -OCH3 is 1. The SMILES string of the molecule is COc1cc(C2C(C#N)=C(N)Oc3n[nH]c(-c4ccc(C)cc4)c32)ccc1OCc1ccccc1. The number of nitrogens with zero attached hydrogens (tertiary/aromatic N) is 2. The first-order chi connectivity index (χ1) is 17.1. The van der Waals surface area contributed by atoms with E-state index in [1.165, 1.54) is 0 Å². The van der Waals surface area contributed by atoms with Crippen molar-refractivity contribution in [3.05, 3.63) is 107 Å². The Balaban J connectivity index is 1.56. The Hall–Kier alpha value is -4.70.